The van der Waals surface area contributed by atoms with E-state index in [1.807, 2.05) is 0 Å². The van der Waals surface area contributed by atoms with E-state index in [1.54, 1.807) is 7.11 Å². The molecule has 0 aromatic rings. The van der Waals surface area contributed by atoms with E-state index in [0.717, 1.165) is 12.8 Å². The van der Waals surface area contributed by atoms with Gasteiger partial charge in [-0.25, -0.2) is 0 Å². The van der Waals surface area contributed by atoms with Crippen LogP contribution in [0.4, 0.5) is 0 Å². The maximum Gasteiger partial charge on any atom is 0.0637 e. The summed E-state index contributed by atoms with van der Waals surface area (Å²) in [6.07, 6.45) is 1.90. The molecule has 0 aromatic heterocycles. The van der Waals surface area contributed by atoms with Gasteiger partial charge in [0.25, 0.3) is 0 Å². The Balaban J connectivity index is 3.90. The summed E-state index contributed by atoms with van der Waals surface area (Å²) in [5, 5.41) is 12.4. The van der Waals surface area contributed by atoms with Crippen LogP contribution in [0.5, 0.6) is 0 Å². The van der Waals surface area contributed by atoms with Crippen molar-refractivity contribution in [1.29, 1.82) is 0 Å². The highest BCUT2D eigenvalue weighted by Gasteiger charge is 2.21. The van der Waals surface area contributed by atoms with E-state index in [9.17, 15) is 0 Å². The highest BCUT2D eigenvalue weighted by atomic mass is 16.5. The van der Waals surface area contributed by atoms with Crippen molar-refractivity contribution in [1.82, 2.24) is 5.32 Å². The summed E-state index contributed by atoms with van der Waals surface area (Å²) in [6.45, 7) is 8.55. The summed E-state index contributed by atoms with van der Waals surface area (Å²) in [6, 6.07) is 0.569. The van der Waals surface area contributed by atoms with Gasteiger partial charge in [0, 0.05) is 19.2 Å². The molecule has 0 aliphatic rings. The summed E-state index contributed by atoms with van der Waals surface area (Å²) < 4.78 is 5.35. The minimum atomic E-state index is -0.0971. The molecule has 0 radical (unpaired) electrons. The molecule has 0 unspecified atom stereocenters. The standard InChI is InChI=1S/C11H25NO2/c1-6-10(8-13)12-9(2)7-11(3,4)14-5/h9-10,12-13H,6-8H2,1-5H3/t9-,10-/m0/s1. The molecule has 0 heterocycles. The zero-order chi connectivity index (χ0) is 11.2. The molecule has 14 heavy (non-hydrogen) atoms. The van der Waals surface area contributed by atoms with Gasteiger partial charge in [-0.1, -0.05) is 6.92 Å². The Labute approximate surface area is 87.8 Å². The Kier molecular flexibility index (Phi) is 6.33. The Hall–Kier alpha value is -0.120. The van der Waals surface area contributed by atoms with Crippen LogP contribution in [0.1, 0.15) is 40.5 Å². The van der Waals surface area contributed by atoms with Gasteiger partial charge >= 0.3 is 0 Å². The van der Waals surface area contributed by atoms with Crippen LogP contribution < -0.4 is 5.32 Å². The molecule has 0 rings (SSSR count). The van der Waals surface area contributed by atoms with Gasteiger partial charge in [-0.05, 0) is 33.6 Å². The number of aliphatic hydroxyl groups excluding tert-OH is 1. The molecule has 86 valence electrons. The van der Waals surface area contributed by atoms with E-state index in [4.69, 9.17) is 9.84 Å². The quantitative estimate of drug-likeness (QED) is 0.659. The number of ether oxygens (including phenoxy) is 1. The van der Waals surface area contributed by atoms with Crippen LogP contribution >= 0.6 is 0 Å². The van der Waals surface area contributed by atoms with Gasteiger partial charge in [0.1, 0.15) is 0 Å². The van der Waals surface area contributed by atoms with Crippen LogP contribution in [0.2, 0.25) is 0 Å². The fraction of sp³-hybridized carbons (Fsp3) is 1.00. The lowest BCUT2D eigenvalue weighted by Crippen LogP contribution is -2.42. The first-order valence-electron chi connectivity index (χ1n) is 5.37. The van der Waals surface area contributed by atoms with Crippen molar-refractivity contribution >= 4 is 0 Å². The number of rotatable bonds is 7. The summed E-state index contributed by atoms with van der Waals surface area (Å²) in [5.74, 6) is 0. The SMILES string of the molecule is CC[C@@H](CO)N[C@@H](C)CC(C)(C)OC. The minimum absolute atomic E-state index is 0.0971. The Morgan fingerprint density at radius 1 is 1.43 bits per heavy atom. The molecule has 2 N–H and O–H groups in total. The number of nitrogens with one attached hydrogen (secondary N) is 1. The van der Waals surface area contributed by atoms with Gasteiger partial charge < -0.3 is 15.2 Å². The first-order valence-corrected chi connectivity index (χ1v) is 5.37. The van der Waals surface area contributed by atoms with E-state index in [1.165, 1.54) is 0 Å². The van der Waals surface area contributed by atoms with E-state index in [0.29, 0.717) is 6.04 Å². The van der Waals surface area contributed by atoms with Crippen LogP contribution in [0, 0.1) is 0 Å². The first kappa shape index (κ1) is 13.9. The molecule has 0 aromatic carbocycles. The van der Waals surface area contributed by atoms with Crippen molar-refractivity contribution < 1.29 is 9.84 Å². The predicted molar refractivity (Wildman–Crippen MR) is 59.5 cm³/mol. The van der Waals surface area contributed by atoms with Gasteiger partial charge in [0.15, 0.2) is 0 Å². The lowest BCUT2D eigenvalue weighted by molar-refractivity contribution is 0.00695. The smallest absolute Gasteiger partial charge is 0.0637 e. The van der Waals surface area contributed by atoms with Crippen LogP contribution in [-0.4, -0.2) is 36.5 Å². The predicted octanol–water partition coefficient (Wildman–Crippen LogP) is 1.55. The van der Waals surface area contributed by atoms with Gasteiger partial charge in [-0.15, -0.1) is 0 Å². The number of aliphatic hydroxyl groups is 1. The number of hydrogen-bond acceptors (Lipinski definition) is 3. The Bertz CT molecular complexity index is 144. The maximum absolute atomic E-state index is 9.04. The van der Waals surface area contributed by atoms with Crippen molar-refractivity contribution in [3.8, 4) is 0 Å². The second kappa shape index (κ2) is 6.38. The monoisotopic (exact) mass is 203 g/mol. The van der Waals surface area contributed by atoms with Crippen LogP contribution in [0.3, 0.4) is 0 Å². The second-order valence-corrected chi connectivity index (χ2v) is 4.52. The van der Waals surface area contributed by atoms with E-state index in [-0.39, 0.29) is 18.2 Å². The average molecular weight is 203 g/mol. The number of methoxy groups -OCH3 is 1. The van der Waals surface area contributed by atoms with Gasteiger partial charge in [-0.3, -0.25) is 0 Å². The summed E-state index contributed by atoms with van der Waals surface area (Å²) in [4.78, 5) is 0. The first-order chi connectivity index (χ1) is 6.45. The Morgan fingerprint density at radius 2 is 2.00 bits per heavy atom. The second-order valence-electron chi connectivity index (χ2n) is 4.52. The van der Waals surface area contributed by atoms with Crippen molar-refractivity contribution in [2.75, 3.05) is 13.7 Å². The fourth-order valence-electron chi connectivity index (χ4n) is 1.58. The van der Waals surface area contributed by atoms with Crippen LogP contribution in [0.15, 0.2) is 0 Å². The molecular weight excluding hydrogens is 178 g/mol. The molecule has 0 aliphatic heterocycles. The van der Waals surface area contributed by atoms with Crippen molar-refractivity contribution in [3.63, 3.8) is 0 Å². The highest BCUT2D eigenvalue weighted by molar-refractivity contribution is 4.77. The van der Waals surface area contributed by atoms with E-state index in [2.05, 4.69) is 33.0 Å². The largest absolute Gasteiger partial charge is 0.395 e. The maximum atomic E-state index is 9.04. The third-order valence-corrected chi connectivity index (χ3v) is 2.58. The molecule has 0 amide bonds. The van der Waals surface area contributed by atoms with Crippen LogP contribution in [-0.2, 0) is 4.74 Å². The molecule has 0 saturated heterocycles. The third kappa shape index (κ3) is 5.58. The molecule has 3 heteroatoms. The molecule has 0 aliphatic carbocycles. The lowest BCUT2D eigenvalue weighted by atomic mass is 9.99. The molecule has 0 spiro atoms. The van der Waals surface area contributed by atoms with E-state index < -0.39 is 0 Å². The van der Waals surface area contributed by atoms with Gasteiger partial charge in [-0.2, -0.15) is 0 Å². The zero-order valence-corrected chi connectivity index (χ0v) is 10.1. The Morgan fingerprint density at radius 3 is 2.36 bits per heavy atom. The van der Waals surface area contributed by atoms with E-state index >= 15 is 0 Å². The third-order valence-electron chi connectivity index (χ3n) is 2.58. The van der Waals surface area contributed by atoms with Crippen molar-refractivity contribution in [3.05, 3.63) is 0 Å². The fourth-order valence-corrected chi connectivity index (χ4v) is 1.58. The van der Waals surface area contributed by atoms with Gasteiger partial charge in [0.05, 0.1) is 12.2 Å². The lowest BCUT2D eigenvalue weighted by Gasteiger charge is -2.29. The molecule has 3 nitrogen and oxygen atoms in total. The minimum Gasteiger partial charge on any atom is -0.395 e. The molecule has 2 atom stereocenters. The number of hydrogen-bond donors (Lipinski definition) is 2. The summed E-state index contributed by atoms with van der Waals surface area (Å²) >= 11 is 0. The molecule has 0 bridgehead atoms. The highest BCUT2D eigenvalue weighted by Crippen LogP contribution is 2.15. The molecule has 0 saturated carbocycles. The average Bonchev–Trinajstić information content (AvgIpc) is 2.13. The topological polar surface area (TPSA) is 41.5 Å². The van der Waals surface area contributed by atoms with Crippen molar-refractivity contribution in [2.24, 2.45) is 0 Å². The van der Waals surface area contributed by atoms with Crippen molar-refractivity contribution in [2.45, 2.75) is 58.2 Å². The normalized spacial score (nSPS) is 16.7. The zero-order valence-electron chi connectivity index (χ0n) is 10.1. The summed E-state index contributed by atoms with van der Waals surface area (Å²) in [5.41, 5.74) is -0.0971. The molecular formula is C11H25NO2. The van der Waals surface area contributed by atoms with Gasteiger partial charge in [0.2, 0.25) is 0 Å². The summed E-state index contributed by atoms with van der Waals surface area (Å²) in [7, 11) is 1.73. The van der Waals surface area contributed by atoms with Crippen LogP contribution in [0.25, 0.3) is 0 Å². The molecule has 0 fully saturated rings.